The number of amides is 2. The summed E-state index contributed by atoms with van der Waals surface area (Å²) in [6, 6.07) is 21.2. The molecule has 0 unspecified atom stereocenters. The molecule has 6 rings (SSSR count). The minimum Gasteiger partial charge on any atom is -0.349 e. The van der Waals surface area contributed by atoms with Gasteiger partial charge in [0.2, 0.25) is 29.0 Å². The monoisotopic (exact) mass is 529 g/mol. The summed E-state index contributed by atoms with van der Waals surface area (Å²) in [6.07, 6.45) is -0.908. The number of halogens is 1. The number of carbonyl (C=O) groups is 4. The van der Waals surface area contributed by atoms with E-state index in [0.717, 1.165) is 15.6 Å². The maximum atomic E-state index is 13.8. The zero-order chi connectivity index (χ0) is 24.5. The smallest absolute Gasteiger partial charge is 0.237 e. The molecule has 6 nitrogen and oxygen atoms in total. The number of hydrogen-bond donors (Lipinski definition) is 0. The number of Topliss-reactive ketones (excluding diaryl/α,β-unsaturated/α-hetero) is 2. The molecule has 35 heavy (non-hydrogen) atoms. The van der Waals surface area contributed by atoms with Crippen molar-refractivity contribution in [3.63, 3.8) is 0 Å². The molecular formula is C28H20BrNO5. The highest BCUT2D eigenvalue weighted by molar-refractivity contribution is 9.10. The van der Waals surface area contributed by atoms with Gasteiger partial charge < -0.3 is 4.74 Å². The van der Waals surface area contributed by atoms with E-state index in [1.54, 1.807) is 48.5 Å². The molecule has 1 spiro atoms. The van der Waals surface area contributed by atoms with Crippen LogP contribution in [0.15, 0.2) is 77.3 Å². The standard InChI is InChI=1S/C28H20BrNO5/c1-15-6-8-16(9-7-15)14-30-26(33)21-22(27(30)34)28(35-23(21)17-10-12-18(29)13-11-17)24(31)19-4-2-3-5-20(19)25(28)32/h2-13,21-23H,14H2,1H3/t21-,22-,23-/m0/s1. The van der Waals surface area contributed by atoms with E-state index in [0.29, 0.717) is 5.56 Å². The third kappa shape index (κ3) is 3.04. The molecule has 0 radical (unpaired) electrons. The molecule has 1 aliphatic carbocycles. The zero-order valence-corrected chi connectivity index (χ0v) is 20.3. The molecular weight excluding hydrogens is 510 g/mol. The number of benzene rings is 3. The van der Waals surface area contributed by atoms with E-state index >= 15 is 0 Å². The fourth-order valence-electron chi connectivity index (χ4n) is 5.56. The van der Waals surface area contributed by atoms with E-state index in [9.17, 15) is 19.2 Å². The van der Waals surface area contributed by atoms with Gasteiger partial charge in [-0.05, 0) is 30.2 Å². The maximum Gasteiger partial charge on any atom is 0.237 e. The van der Waals surface area contributed by atoms with Gasteiger partial charge in [-0.2, -0.15) is 0 Å². The van der Waals surface area contributed by atoms with Crippen LogP contribution in [-0.2, 0) is 20.9 Å². The Bertz CT molecular complexity index is 1380. The van der Waals surface area contributed by atoms with Gasteiger partial charge >= 0.3 is 0 Å². The number of ether oxygens (including phenoxy) is 1. The largest absolute Gasteiger partial charge is 0.349 e. The molecule has 2 aliphatic heterocycles. The third-order valence-electron chi connectivity index (χ3n) is 7.27. The van der Waals surface area contributed by atoms with E-state index < -0.39 is 46.9 Å². The molecule has 0 N–H and O–H groups in total. The first-order valence-corrected chi connectivity index (χ1v) is 12.1. The van der Waals surface area contributed by atoms with Crippen molar-refractivity contribution < 1.29 is 23.9 Å². The summed E-state index contributed by atoms with van der Waals surface area (Å²) in [7, 11) is 0. The second-order valence-electron chi connectivity index (χ2n) is 9.28. The van der Waals surface area contributed by atoms with E-state index in [1.165, 1.54) is 4.90 Å². The summed E-state index contributed by atoms with van der Waals surface area (Å²) < 4.78 is 7.12. The number of likely N-dealkylation sites (tertiary alicyclic amines) is 1. The SMILES string of the molecule is Cc1ccc(CN2C(=O)[C@H]3[C@@H](C2=O)C2(O[C@H]3c3ccc(Br)cc3)C(=O)c3ccccc3C2=O)cc1. The number of hydrogen-bond acceptors (Lipinski definition) is 5. The first-order chi connectivity index (χ1) is 16.8. The van der Waals surface area contributed by atoms with E-state index in [1.807, 2.05) is 31.2 Å². The Kier molecular flexibility index (Phi) is 4.92. The normalized spacial score (nSPS) is 24.4. The second kappa shape index (κ2) is 7.80. The highest BCUT2D eigenvalue weighted by Crippen LogP contribution is 2.57. The number of rotatable bonds is 3. The van der Waals surface area contributed by atoms with Gasteiger partial charge in [0, 0.05) is 15.6 Å². The van der Waals surface area contributed by atoms with Crippen LogP contribution in [0.25, 0.3) is 0 Å². The molecule has 0 saturated carbocycles. The lowest BCUT2D eigenvalue weighted by molar-refractivity contribution is -0.145. The average Bonchev–Trinajstić information content (AvgIpc) is 3.42. The summed E-state index contributed by atoms with van der Waals surface area (Å²) in [5, 5.41) is 0. The molecule has 3 atom stereocenters. The molecule has 3 aromatic carbocycles. The number of nitrogens with zero attached hydrogens (tertiary/aromatic N) is 1. The number of imide groups is 1. The van der Waals surface area contributed by atoms with E-state index in [2.05, 4.69) is 15.9 Å². The molecule has 3 aromatic rings. The van der Waals surface area contributed by atoms with E-state index in [4.69, 9.17) is 4.74 Å². The van der Waals surface area contributed by atoms with Crippen LogP contribution in [-0.4, -0.2) is 33.9 Å². The molecule has 2 amide bonds. The van der Waals surface area contributed by atoms with Crippen LogP contribution in [0.3, 0.4) is 0 Å². The first-order valence-electron chi connectivity index (χ1n) is 11.4. The third-order valence-corrected chi connectivity index (χ3v) is 7.80. The van der Waals surface area contributed by atoms with Crippen molar-refractivity contribution in [3.05, 3.63) is 105 Å². The van der Waals surface area contributed by atoms with Gasteiger partial charge in [0.05, 0.1) is 24.5 Å². The summed E-state index contributed by atoms with van der Waals surface area (Å²) in [5.74, 6) is -4.27. The lowest BCUT2D eigenvalue weighted by atomic mass is 9.77. The Hall–Kier alpha value is -3.42. The van der Waals surface area contributed by atoms with Crippen LogP contribution >= 0.6 is 15.9 Å². The highest BCUT2D eigenvalue weighted by atomic mass is 79.9. The number of fused-ring (bicyclic) bond motifs is 3. The first kappa shape index (κ1) is 22.1. The Morgan fingerprint density at radius 2 is 1.43 bits per heavy atom. The van der Waals surface area contributed by atoms with Gasteiger partial charge in [-0.3, -0.25) is 24.1 Å². The van der Waals surface area contributed by atoms with Gasteiger partial charge in [0.25, 0.3) is 0 Å². The molecule has 0 bridgehead atoms. The predicted octanol–water partition coefficient (Wildman–Crippen LogP) is 4.45. The zero-order valence-electron chi connectivity index (χ0n) is 18.7. The topological polar surface area (TPSA) is 80.8 Å². The van der Waals surface area contributed by atoms with Gasteiger partial charge in [-0.1, -0.05) is 82.2 Å². The molecule has 7 heteroatoms. The molecule has 3 aliphatic rings. The molecule has 2 fully saturated rings. The van der Waals surface area contributed by atoms with Crippen LogP contribution in [0.4, 0.5) is 0 Å². The van der Waals surface area contributed by atoms with Crippen LogP contribution in [0.1, 0.15) is 43.5 Å². The van der Waals surface area contributed by atoms with Crippen molar-refractivity contribution in [2.45, 2.75) is 25.2 Å². The van der Waals surface area contributed by atoms with Crippen LogP contribution in [0.2, 0.25) is 0 Å². The van der Waals surface area contributed by atoms with Crippen LogP contribution < -0.4 is 0 Å². The molecule has 2 saturated heterocycles. The van der Waals surface area contributed by atoms with Gasteiger partial charge in [-0.25, -0.2) is 0 Å². The number of aryl methyl sites for hydroxylation is 1. The van der Waals surface area contributed by atoms with Crippen molar-refractivity contribution >= 4 is 39.3 Å². The summed E-state index contributed by atoms with van der Waals surface area (Å²) in [6.45, 7) is 2.03. The maximum absolute atomic E-state index is 13.8. The van der Waals surface area contributed by atoms with Crippen molar-refractivity contribution in [3.8, 4) is 0 Å². The molecule has 174 valence electrons. The predicted molar refractivity (Wildman–Crippen MR) is 130 cm³/mol. The highest BCUT2D eigenvalue weighted by Gasteiger charge is 2.74. The van der Waals surface area contributed by atoms with E-state index in [-0.39, 0.29) is 17.7 Å². The van der Waals surface area contributed by atoms with Crippen molar-refractivity contribution in [1.82, 2.24) is 4.90 Å². The van der Waals surface area contributed by atoms with Gasteiger partial charge in [0.15, 0.2) is 0 Å². The Balaban J connectivity index is 1.48. The second-order valence-corrected chi connectivity index (χ2v) is 10.2. The fraction of sp³-hybridized carbons (Fsp3) is 0.214. The van der Waals surface area contributed by atoms with Crippen LogP contribution in [0, 0.1) is 18.8 Å². The van der Waals surface area contributed by atoms with Gasteiger partial charge in [-0.15, -0.1) is 0 Å². The van der Waals surface area contributed by atoms with Crippen LogP contribution in [0.5, 0.6) is 0 Å². The molecule has 0 aromatic heterocycles. The summed E-state index contributed by atoms with van der Waals surface area (Å²) in [4.78, 5) is 56.2. The fourth-order valence-corrected chi connectivity index (χ4v) is 5.83. The molecule has 2 heterocycles. The van der Waals surface area contributed by atoms with Crippen molar-refractivity contribution in [1.29, 1.82) is 0 Å². The lowest BCUT2D eigenvalue weighted by Gasteiger charge is -2.27. The number of carbonyl (C=O) groups excluding carboxylic acids is 4. The average molecular weight is 530 g/mol. The summed E-state index contributed by atoms with van der Waals surface area (Å²) >= 11 is 3.40. The summed E-state index contributed by atoms with van der Waals surface area (Å²) in [5.41, 5.74) is 0.901. The minimum atomic E-state index is -2.04. The van der Waals surface area contributed by atoms with Crippen molar-refractivity contribution in [2.75, 3.05) is 0 Å². The quantitative estimate of drug-likeness (QED) is 0.370. The Morgan fingerprint density at radius 1 is 0.829 bits per heavy atom. The lowest BCUT2D eigenvalue weighted by Crippen LogP contribution is -2.50. The minimum absolute atomic E-state index is 0.0728. The Labute approximate surface area is 210 Å². The Morgan fingerprint density at radius 3 is 2.03 bits per heavy atom. The van der Waals surface area contributed by atoms with Gasteiger partial charge in [0.1, 0.15) is 0 Å². The number of ketones is 2. The van der Waals surface area contributed by atoms with Crippen molar-refractivity contribution in [2.24, 2.45) is 11.8 Å².